The van der Waals surface area contributed by atoms with E-state index in [1.807, 2.05) is 18.7 Å². The van der Waals surface area contributed by atoms with E-state index < -0.39 is 12.0 Å². The number of rotatable bonds is 8. The summed E-state index contributed by atoms with van der Waals surface area (Å²) in [7, 11) is 0. The van der Waals surface area contributed by atoms with Gasteiger partial charge in [-0.3, -0.25) is 14.5 Å². The first kappa shape index (κ1) is 23.7. The molecule has 1 aromatic heterocycles. The van der Waals surface area contributed by atoms with Gasteiger partial charge in [-0.05, 0) is 50.9 Å². The quantitative estimate of drug-likeness (QED) is 0.473. The molecule has 1 aliphatic rings. The number of piperidine rings is 1. The van der Waals surface area contributed by atoms with Crippen LogP contribution in [0.3, 0.4) is 0 Å². The number of phenols is 1. The van der Waals surface area contributed by atoms with Gasteiger partial charge in [0, 0.05) is 17.8 Å². The van der Waals surface area contributed by atoms with Crippen molar-refractivity contribution in [3.63, 3.8) is 0 Å². The topological polar surface area (TPSA) is 132 Å². The number of phenolic OH excluding ortho intramolecular Hbond substituents is 1. The van der Waals surface area contributed by atoms with Crippen molar-refractivity contribution in [1.82, 2.24) is 15.2 Å². The zero-order valence-corrected chi connectivity index (χ0v) is 18.9. The number of hydrogen-bond donors (Lipinski definition) is 4. The highest BCUT2D eigenvalue weighted by molar-refractivity contribution is 7.15. The number of nitrogens with zero attached hydrogens (tertiary/aromatic N) is 2. The molecule has 32 heavy (non-hydrogen) atoms. The van der Waals surface area contributed by atoms with Gasteiger partial charge in [-0.25, -0.2) is 9.78 Å². The molecule has 1 aromatic carbocycles. The van der Waals surface area contributed by atoms with Crippen LogP contribution in [0.25, 0.3) is 0 Å². The zero-order chi connectivity index (χ0) is 23.3. The van der Waals surface area contributed by atoms with Gasteiger partial charge in [0.1, 0.15) is 11.8 Å². The molecule has 2 atom stereocenters. The molecule has 1 saturated heterocycles. The summed E-state index contributed by atoms with van der Waals surface area (Å²) >= 11 is 1.43. The summed E-state index contributed by atoms with van der Waals surface area (Å²) in [6.07, 6.45) is 1.50. The molecule has 2 aromatic rings. The predicted molar refractivity (Wildman–Crippen MR) is 121 cm³/mol. The fraction of sp³-hybridized carbons (Fsp3) is 0.455. The van der Waals surface area contributed by atoms with Crippen molar-refractivity contribution in [2.75, 3.05) is 25.0 Å². The molecule has 0 spiro atoms. The Morgan fingerprint density at radius 1 is 1.25 bits per heavy atom. The number of aromatic nitrogens is 1. The number of nitrogens with one attached hydrogen (secondary N) is 2. The standard InChI is InChI=1S/C22H28N4O5S/c1-13-14(2)32-22(23-13)25-19(28)12-26-9-3-4-16(11-26)20(29)24-18(21(30)31)10-15-5-7-17(27)8-6-15/h5-8,16,18,27H,3-4,9-12H2,1-2H3,(H,24,29)(H,30,31)(H,23,25,28). The zero-order valence-electron chi connectivity index (χ0n) is 18.1. The average Bonchev–Trinajstić information content (AvgIpc) is 3.05. The first-order chi connectivity index (χ1) is 15.2. The van der Waals surface area contributed by atoms with Gasteiger partial charge < -0.3 is 20.8 Å². The van der Waals surface area contributed by atoms with Gasteiger partial charge in [0.05, 0.1) is 18.2 Å². The first-order valence-corrected chi connectivity index (χ1v) is 11.3. The molecule has 0 aliphatic carbocycles. The normalized spacial score (nSPS) is 17.5. The van der Waals surface area contributed by atoms with Crippen LogP contribution < -0.4 is 10.6 Å². The maximum atomic E-state index is 12.8. The summed E-state index contributed by atoms with van der Waals surface area (Å²) in [5.74, 6) is -1.92. The number of likely N-dealkylation sites (tertiary alicyclic amines) is 1. The highest BCUT2D eigenvalue weighted by Gasteiger charge is 2.30. The van der Waals surface area contributed by atoms with Crippen molar-refractivity contribution in [3.05, 3.63) is 40.4 Å². The summed E-state index contributed by atoms with van der Waals surface area (Å²) in [6.45, 7) is 5.07. The number of carbonyl (C=O) groups excluding carboxylic acids is 2. The van der Waals surface area contributed by atoms with E-state index >= 15 is 0 Å². The molecule has 3 rings (SSSR count). The molecule has 1 aliphatic heterocycles. The number of thiazole rings is 1. The molecule has 2 unspecified atom stereocenters. The lowest BCUT2D eigenvalue weighted by molar-refractivity contribution is -0.142. The molecule has 2 amide bonds. The lowest BCUT2D eigenvalue weighted by Crippen LogP contribution is -2.50. The van der Waals surface area contributed by atoms with Gasteiger partial charge >= 0.3 is 5.97 Å². The van der Waals surface area contributed by atoms with Crippen LogP contribution in [0.4, 0.5) is 5.13 Å². The smallest absolute Gasteiger partial charge is 0.326 e. The molecular formula is C22H28N4O5S. The number of carboxylic acids is 1. The Bertz CT molecular complexity index is 956. The third-order valence-corrected chi connectivity index (χ3v) is 6.50. The minimum atomic E-state index is -1.12. The largest absolute Gasteiger partial charge is 0.508 e. The highest BCUT2D eigenvalue weighted by atomic mass is 32.1. The van der Waals surface area contributed by atoms with Gasteiger partial charge in [-0.1, -0.05) is 12.1 Å². The van der Waals surface area contributed by atoms with Crippen LogP contribution >= 0.6 is 11.3 Å². The van der Waals surface area contributed by atoms with E-state index in [0.29, 0.717) is 30.2 Å². The van der Waals surface area contributed by atoms with Crippen molar-refractivity contribution in [2.24, 2.45) is 5.92 Å². The second-order valence-electron chi connectivity index (χ2n) is 8.05. The number of aliphatic carboxylic acids is 1. The van der Waals surface area contributed by atoms with Gasteiger partial charge in [-0.15, -0.1) is 11.3 Å². The van der Waals surface area contributed by atoms with Crippen LogP contribution in [0.1, 0.15) is 29.0 Å². The van der Waals surface area contributed by atoms with Crippen molar-refractivity contribution in [2.45, 2.75) is 39.2 Å². The molecule has 9 nitrogen and oxygen atoms in total. The second kappa shape index (κ2) is 10.6. The maximum absolute atomic E-state index is 12.8. The van der Waals surface area contributed by atoms with E-state index in [1.165, 1.54) is 23.5 Å². The van der Waals surface area contributed by atoms with Crippen LogP contribution in [0.5, 0.6) is 5.75 Å². The third-order valence-electron chi connectivity index (χ3n) is 5.51. The van der Waals surface area contributed by atoms with Crippen LogP contribution in [0.15, 0.2) is 24.3 Å². The lowest BCUT2D eigenvalue weighted by Gasteiger charge is -2.32. The summed E-state index contributed by atoms with van der Waals surface area (Å²) < 4.78 is 0. The van der Waals surface area contributed by atoms with E-state index in [2.05, 4.69) is 15.6 Å². The van der Waals surface area contributed by atoms with Crippen molar-refractivity contribution < 1.29 is 24.6 Å². The number of carbonyl (C=O) groups is 3. The Morgan fingerprint density at radius 2 is 1.97 bits per heavy atom. The van der Waals surface area contributed by atoms with Gasteiger partial charge in [-0.2, -0.15) is 0 Å². The van der Waals surface area contributed by atoms with Crippen LogP contribution in [0.2, 0.25) is 0 Å². The van der Waals surface area contributed by atoms with E-state index in [9.17, 15) is 24.6 Å². The molecule has 0 saturated carbocycles. The number of aryl methyl sites for hydroxylation is 2. The monoisotopic (exact) mass is 460 g/mol. The first-order valence-electron chi connectivity index (χ1n) is 10.5. The molecule has 4 N–H and O–H groups in total. The van der Waals surface area contributed by atoms with E-state index in [0.717, 1.165) is 17.0 Å². The second-order valence-corrected chi connectivity index (χ2v) is 9.26. The molecule has 2 heterocycles. The van der Waals surface area contributed by atoms with Crippen LogP contribution in [0, 0.1) is 19.8 Å². The molecule has 1 fully saturated rings. The summed E-state index contributed by atoms with van der Waals surface area (Å²) in [5.41, 5.74) is 1.59. The molecule has 0 radical (unpaired) electrons. The number of aromatic hydroxyl groups is 1. The molecule has 0 bridgehead atoms. The molecule has 10 heteroatoms. The van der Waals surface area contributed by atoms with Gasteiger partial charge in [0.2, 0.25) is 11.8 Å². The Morgan fingerprint density at radius 3 is 2.59 bits per heavy atom. The highest BCUT2D eigenvalue weighted by Crippen LogP contribution is 2.22. The van der Waals surface area contributed by atoms with Crippen molar-refractivity contribution in [3.8, 4) is 5.75 Å². The van der Waals surface area contributed by atoms with E-state index in [1.54, 1.807) is 12.1 Å². The van der Waals surface area contributed by atoms with E-state index in [-0.39, 0.29) is 36.4 Å². The molecule has 172 valence electrons. The van der Waals surface area contributed by atoms with Crippen molar-refractivity contribution >= 4 is 34.3 Å². The summed E-state index contributed by atoms with van der Waals surface area (Å²) in [6, 6.07) is 5.15. The Hall–Kier alpha value is -2.98. The van der Waals surface area contributed by atoms with Crippen LogP contribution in [-0.4, -0.2) is 63.6 Å². The number of benzene rings is 1. The maximum Gasteiger partial charge on any atom is 0.326 e. The van der Waals surface area contributed by atoms with Crippen LogP contribution in [-0.2, 0) is 20.8 Å². The Kier molecular flexibility index (Phi) is 7.81. The minimum absolute atomic E-state index is 0.0936. The fourth-order valence-electron chi connectivity index (χ4n) is 3.66. The number of carboxylic acid groups (broad SMARTS) is 1. The van der Waals surface area contributed by atoms with Crippen molar-refractivity contribution in [1.29, 1.82) is 0 Å². The van der Waals surface area contributed by atoms with E-state index in [4.69, 9.17) is 0 Å². The third kappa shape index (κ3) is 6.51. The number of hydrogen-bond acceptors (Lipinski definition) is 7. The summed E-state index contributed by atoms with van der Waals surface area (Å²) in [5, 5.41) is 24.9. The SMILES string of the molecule is Cc1nc(NC(=O)CN2CCCC(C(=O)NC(Cc3ccc(O)cc3)C(=O)O)C2)sc1C. The average molecular weight is 461 g/mol. The Labute approximate surface area is 190 Å². The van der Waals surface area contributed by atoms with Gasteiger partial charge in [0.15, 0.2) is 5.13 Å². The fourth-order valence-corrected chi connectivity index (χ4v) is 4.49. The molecular weight excluding hydrogens is 432 g/mol. The summed E-state index contributed by atoms with van der Waals surface area (Å²) in [4.78, 5) is 44.1. The lowest BCUT2D eigenvalue weighted by atomic mass is 9.96. The number of amides is 2. The Balaban J connectivity index is 1.53. The van der Waals surface area contributed by atoms with Gasteiger partial charge in [0.25, 0.3) is 0 Å². The predicted octanol–water partition coefficient (Wildman–Crippen LogP) is 1.93. The number of anilines is 1. The minimum Gasteiger partial charge on any atom is -0.508 e.